The molecule has 0 spiro atoms. The lowest BCUT2D eigenvalue weighted by atomic mass is 10.1. The van der Waals surface area contributed by atoms with Crippen molar-refractivity contribution in [1.82, 2.24) is 5.32 Å². The summed E-state index contributed by atoms with van der Waals surface area (Å²) in [6.07, 6.45) is -0.575. The van der Waals surface area contributed by atoms with Crippen molar-refractivity contribution < 1.29 is 22.8 Å². The van der Waals surface area contributed by atoms with Gasteiger partial charge in [0.25, 0.3) is 5.91 Å². The zero-order chi connectivity index (χ0) is 24.7. The predicted molar refractivity (Wildman–Crippen MR) is 125 cm³/mol. The molecule has 2 aromatic rings. The summed E-state index contributed by atoms with van der Waals surface area (Å²) in [6, 6.07) is 6.60. The van der Waals surface area contributed by atoms with Gasteiger partial charge in [0, 0.05) is 18.9 Å². The van der Waals surface area contributed by atoms with E-state index >= 15 is 0 Å². The number of nitrogens with one attached hydrogen (secondary N) is 2. The van der Waals surface area contributed by atoms with Gasteiger partial charge in [0.05, 0.1) is 32.2 Å². The van der Waals surface area contributed by atoms with Crippen LogP contribution < -0.4 is 10.6 Å². The van der Waals surface area contributed by atoms with Crippen LogP contribution in [0.4, 0.5) is 18.9 Å². The van der Waals surface area contributed by atoms with Crippen LogP contribution in [-0.2, 0) is 4.79 Å². The lowest BCUT2D eigenvalue weighted by Gasteiger charge is -2.14. The molecule has 1 aliphatic rings. The third kappa shape index (κ3) is 5.82. The molecule has 178 valence electrons. The SMILES string of the molecule is CC(F)(F)CCNC(=O)c1c(Cl)ccc(NC(=O)C2C(c3ccc(F)c(Cl)c3)C2(Cl)Cl)c1Cl. The second-order valence-electron chi connectivity index (χ2n) is 7.65. The van der Waals surface area contributed by atoms with Crippen LogP contribution in [0, 0.1) is 11.7 Å². The molecule has 1 fully saturated rings. The molecule has 0 saturated heterocycles. The largest absolute Gasteiger partial charge is 0.352 e. The molecule has 0 aromatic heterocycles. The van der Waals surface area contributed by atoms with Crippen LogP contribution in [0.1, 0.15) is 35.2 Å². The summed E-state index contributed by atoms with van der Waals surface area (Å²) in [5.41, 5.74) is 0.335. The number of hydrogen-bond donors (Lipinski definition) is 2. The standard InChI is InChI=1S/C21H16Cl5F3N2O2/c1-20(28,29)6-7-30-18(32)14-10(22)3-5-13(17(14)24)31-19(33)16-15(21(16,25)26)9-2-4-12(27)11(23)8-9/h2-5,8,15-16H,6-7H2,1H3,(H,30,32)(H,31,33). The molecule has 2 amide bonds. The third-order valence-electron chi connectivity index (χ3n) is 5.06. The average Bonchev–Trinajstić information content (AvgIpc) is 3.27. The van der Waals surface area contributed by atoms with Crippen LogP contribution in [0.2, 0.25) is 15.1 Å². The molecule has 2 unspecified atom stereocenters. The first-order valence-corrected chi connectivity index (χ1v) is 11.4. The molecule has 33 heavy (non-hydrogen) atoms. The third-order valence-corrected chi connectivity index (χ3v) is 7.00. The topological polar surface area (TPSA) is 58.2 Å². The number of anilines is 1. The highest BCUT2D eigenvalue weighted by molar-refractivity contribution is 6.53. The molecule has 12 heteroatoms. The van der Waals surface area contributed by atoms with Gasteiger partial charge >= 0.3 is 0 Å². The van der Waals surface area contributed by atoms with E-state index < -0.39 is 46.1 Å². The molecule has 3 rings (SSSR count). The Morgan fingerprint density at radius 3 is 2.36 bits per heavy atom. The zero-order valence-corrected chi connectivity index (χ0v) is 20.6. The van der Waals surface area contributed by atoms with E-state index in [1.54, 1.807) is 0 Å². The minimum atomic E-state index is -2.96. The van der Waals surface area contributed by atoms with Gasteiger partial charge in [0.2, 0.25) is 11.8 Å². The molecule has 2 atom stereocenters. The Balaban J connectivity index is 1.77. The lowest BCUT2D eigenvalue weighted by molar-refractivity contribution is -0.117. The van der Waals surface area contributed by atoms with E-state index in [1.807, 2.05) is 0 Å². The number of benzene rings is 2. The van der Waals surface area contributed by atoms with E-state index in [2.05, 4.69) is 10.6 Å². The number of carbonyl (C=O) groups is 2. The summed E-state index contributed by atoms with van der Waals surface area (Å²) >= 11 is 30.7. The van der Waals surface area contributed by atoms with Crippen LogP contribution >= 0.6 is 58.0 Å². The monoisotopic (exact) mass is 560 g/mol. The maximum absolute atomic E-state index is 13.5. The average molecular weight is 563 g/mol. The van der Waals surface area contributed by atoms with Crippen LogP contribution in [0.15, 0.2) is 30.3 Å². The number of amides is 2. The molecular weight excluding hydrogens is 547 g/mol. The molecule has 0 heterocycles. The summed E-state index contributed by atoms with van der Waals surface area (Å²) < 4.78 is 38.0. The van der Waals surface area contributed by atoms with Crippen molar-refractivity contribution >= 4 is 75.5 Å². The Labute approximate surface area is 212 Å². The van der Waals surface area contributed by atoms with Gasteiger partial charge in [-0.2, -0.15) is 0 Å². The van der Waals surface area contributed by atoms with E-state index in [-0.39, 0.29) is 32.9 Å². The van der Waals surface area contributed by atoms with Gasteiger partial charge in [-0.1, -0.05) is 40.9 Å². The van der Waals surface area contributed by atoms with Crippen molar-refractivity contribution in [2.24, 2.45) is 5.92 Å². The Kier molecular flexibility index (Phi) is 7.71. The molecule has 0 radical (unpaired) electrons. The Bertz CT molecular complexity index is 1110. The van der Waals surface area contributed by atoms with Crippen molar-refractivity contribution in [3.8, 4) is 0 Å². The Morgan fingerprint density at radius 2 is 1.76 bits per heavy atom. The number of rotatable bonds is 7. The summed E-state index contributed by atoms with van der Waals surface area (Å²) in [6.45, 7) is 0.421. The zero-order valence-electron chi connectivity index (χ0n) is 16.8. The van der Waals surface area contributed by atoms with Crippen LogP contribution in [0.25, 0.3) is 0 Å². The summed E-state index contributed by atoms with van der Waals surface area (Å²) in [5, 5.41) is 4.51. The van der Waals surface area contributed by atoms with Crippen LogP contribution in [-0.4, -0.2) is 28.6 Å². The van der Waals surface area contributed by atoms with Crippen LogP contribution in [0.5, 0.6) is 0 Å². The second-order valence-corrected chi connectivity index (χ2v) is 10.3. The van der Waals surface area contributed by atoms with E-state index in [1.165, 1.54) is 24.3 Å². The fourth-order valence-electron chi connectivity index (χ4n) is 3.33. The van der Waals surface area contributed by atoms with Gasteiger partial charge < -0.3 is 10.6 Å². The quantitative estimate of drug-likeness (QED) is 0.354. The van der Waals surface area contributed by atoms with E-state index in [0.29, 0.717) is 5.56 Å². The van der Waals surface area contributed by atoms with E-state index in [9.17, 15) is 22.8 Å². The van der Waals surface area contributed by atoms with Crippen molar-refractivity contribution in [1.29, 1.82) is 0 Å². The summed E-state index contributed by atoms with van der Waals surface area (Å²) in [4.78, 5) is 25.3. The highest BCUT2D eigenvalue weighted by Gasteiger charge is 2.67. The Hall–Kier alpha value is -1.38. The van der Waals surface area contributed by atoms with Gasteiger partial charge in [-0.3, -0.25) is 9.59 Å². The van der Waals surface area contributed by atoms with Gasteiger partial charge in [-0.15, -0.1) is 23.2 Å². The Morgan fingerprint density at radius 1 is 1.09 bits per heavy atom. The van der Waals surface area contributed by atoms with Gasteiger partial charge in [0.15, 0.2) is 0 Å². The van der Waals surface area contributed by atoms with Gasteiger partial charge in [0.1, 0.15) is 10.2 Å². The minimum absolute atomic E-state index is 0.0342. The molecule has 0 bridgehead atoms. The number of carbonyl (C=O) groups excluding carboxylic acids is 2. The summed E-state index contributed by atoms with van der Waals surface area (Å²) in [5.74, 6) is -6.55. The molecule has 1 saturated carbocycles. The maximum atomic E-state index is 13.5. The second kappa shape index (κ2) is 9.70. The number of halogens is 8. The molecule has 4 nitrogen and oxygen atoms in total. The fraction of sp³-hybridized carbons (Fsp3) is 0.333. The highest BCUT2D eigenvalue weighted by Crippen LogP contribution is 2.65. The molecular formula is C21H16Cl5F3N2O2. The first-order chi connectivity index (χ1) is 15.2. The molecule has 2 N–H and O–H groups in total. The first kappa shape index (κ1) is 26.2. The molecule has 1 aliphatic carbocycles. The highest BCUT2D eigenvalue weighted by atomic mass is 35.5. The number of alkyl halides is 4. The minimum Gasteiger partial charge on any atom is -0.352 e. The summed E-state index contributed by atoms with van der Waals surface area (Å²) in [7, 11) is 0. The first-order valence-electron chi connectivity index (χ1n) is 9.51. The smallest absolute Gasteiger partial charge is 0.254 e. The van der Waals surface area contributed by atoms with E-state index in [0.717, 1.165) is 13.0 Å². The molecule has 2 aromatic carbocycles. The van der Waals surface area contributed by atoms with Crippen molar-refractivity contribution in [2.75, 3.05) is 11.9 Å². The van der Waals surface area contributed by atoms with E-state index in [4.69, 9.17) is 58.0 Å². The number of hydrogen-bond acceptors (Lipinski definition) is 2. The predicted octanol–water partition coefficient (Wildman–Crippen LogP) is 7.09. The maximum Gasteiger partial charge on any atom is 0.254 e. The van der Waals surface area contributed by atoms with Crippen molar-refractivity contribution in [2.45, 2.75) is 29.5 Å². The molecule has 0 aliphatic heterocycles. The van der Waals surface area contributed by atoms with Gasteiger partial charge in [-0.25, -0.2) is 13.2 Å². The lowest BCUT2D eigenvalue weighted by Crippen LogP contribution is -2.29. The fourth-order valence-corrected chi connectivity index (χ4v) is 4.93. The van der Waals surface area contributed by atoms with Crippen molar-refractivity contribution in [3.05, 3.63) is 62.3 Å². The van der Waals surface area contributed by atoms with Crippen molar-refractivity contribution in [3.63, 3.8) is 0 Å². The van der Waals surface area contributed by atoms with Gasteiger partial charge in [-0.05, 0) is 36.8 Å². The van der Waals surface area contributed by atoms with Crippen LogP contribution in [0.3, 0.4) is 0 Å². The normalized spacial score (nSPS) is 19.2.